The van der Waals surface area contributed by atoms with Crippen LogP contribution in [0.1, 0.15) is 76.2 Å². The van der Waals surface area contributed by atoms with E-state index in [0.29, 0.717) is 5.56 Å². The molecule has 3 heteroatoms. The molecule has 0 saturated carbocycles. The van der Waals surface area contributed by atoms with Crippen LogP contribution in [0.3, 0.4) is 0 Å². The summed E-state index contributed by atoms with van der Waals surface area (Å²) >= 11 is 0. The van der Waals surface area contributed by atoms with Crippen molar-refractivity contribution >= 4 is 12.0 Å². The number of carbonyl (C=O) groups is 1. The average Bonchev–Trinajstić information content (AvgIpc) is 2.72. The molecule has 1 aromatic rings. The summed E-state index contributed by atoms with van der Waals surface area (Å²) in [5.41, 5.74) is 4.07. The molecule has 1 aliphatic carbocycles. The molecule has 0 heterocycles. The SMILES string of the molecule is CCOCCCC1=C(\C=C\c2ccc(C(=O)O)cc2)/C=C/C(C)(C)CCC(C)(C)\C=C\1. The Morgan fingerprint density at radius 2 is 1.61 bits per heavy atom. The van der Waals surface area contributed by atoms with Gasteiger partial charge in [0.2, 0.25) is 0 Å². The second-order valence-electron chi connectivity index (χ2n) is 9.69. The summed E-state index contributed by atoms with van der Waals surface area (Å²) in [6, 6.07) is 6.99. The van der Waals surface area contributed by atoms with E-state index >= 15 is 0 Å². The van der Waals surface area contributed by atoms with Crippen molar-refractivity contribution in [2.75, 3.05) is 13.2 Å². The molecule has 0 spiro atoms. The lowest BCUT2D eigenvalue weighted by molar-refractivity contribution is 0.0697. The molecule has 1 aromatic carbocycles. The van der Waals surface area contributed by atoms with Crippen molar-refractivity contribution < 1.29 is 14.6 Å². The maximum atomic E-state index is 11.1. The Labute approximate surface area is 188 Å². The minimum absolute atomic E-state index is 0.126. The molecule has 0 radical (unpaired) electrons. The van der Waals surface area contributed by atoms with Crippen LogP contribution in [0.4, 0.5) is 0 Å². The van der Waals surface area contributed by atoms with Crippen LogP contribution in [0.2, 0.25) is 0 Å². The highest BCUT2D eigenvalue weighted by molar-refractivity contribution is 5.87. The van der Waals surface area contributed by atoms with Crippen LogP contribution in [0.25, 0.3) is 6.08 Å². The molecule has 31 heavy (non-hydrogen) atoms. The van der Waals surface area contributed by atoms with Gasteiger partial charge < -0.3 is 9.84 Å². The fourth-order valence-corrected chi connectivity index (χ4v) is 3.48. The van der Waals surface area contributed by atoms with E-state index < -0.39 is 5.97 Å². The first-order chi connectivity index (χ1) is 14.6. The van der Waals surface area contributed by atoms with Crippen molar-refractivity contribution in [2.24, 2.45) is 10.8 Å². The number of carboxylic acids is 1. The Hall–Kier alpha value is -2.39. The van der Waals surface area contributed by atoms with E-state index in [9.17, 15) is 4.79 Å². The molecule has 0 amide bonds. The maximum absolute atomic E-state index is 11.1. The number of benzene rings is 1. The molecule has 0 atom stereocenters. The summed E-state index contributed by atoms with van der Waals surface area (Å²) in [5.74, 6) is -0.903. The molecule has 0 bridgehead atoms. The molecule has 0 fully saturated rings. The third-order valence-corrected chi connectivity index (χ3v) is 5.79. The Morgan fingerprint density at radius 1 is 1.00 bits per heavy atom. The van der Waals surface area contributed by atoms with Gasteiger partial charge in [0.25, 0.3) is 0 Å². The zero-order chi connectivity index (χ0) is 22.9. The lowest BCUT2D eigenvalue weighted by Crippen LogP contribution is -2.15. The number of carboxylic acid groups (broad SMARTS) is 1. The van der Waals surface area contributed by atoms with E-state index in [1.807, 2.05) is 19.1 Å². The molecule has 2 rings (SSSR count). The van der Waals surface area contributed by atoms with Crippen molar-refractivity contribution in [1.82, 2.24) is 0 Å². The zero-order valence-corrected chi connectivity index (χ0v) is 19.8. The molecule has 0 saturated heterocycles. The number of allylic oxidation sites excluding steroid dienone is 7. The second-order valence-corrected chi connectivity index (χ2v) is 9.69. The van der Waals surface area contributed by atoms with E-state index in [1.54, 1.807) is 12.1 Å². The van der Waals surface area contributed by atoms with E-state index in [1.165, 1.54) is 11.1 Å². The molecule has 0 aromatic heterocycles. The van der Waals surface area contributed by atoms with Gasteiger partial charge in [0, 0.05) is 13.2 Å². The van der Waals surface area contributed by atoms with Gasteiger partial charge in [-0.3, -0.25) is 0 Å². The van der Waals surface area contributed by atoms with Gasteiger partial charge in [-0.15, -0.1) is 0 Å². The fourth-order valence-electron chi connectivity index (χ4n) is 3.48. The summed E-state index contributed by atoms with van der Waals surface area (Å²) in [6.45, 7) is 12.7. The minimum Gasteiger partial charge on any atom is -0.478 e. The Balaban J connectivity index is 2.41. The second kappa shape index (κ2) is 11.3. The smallest absolute Gasteiger partial charge is 0.335 e. The van der Waals surface area contributed by atoms with Gasteiger partial charge >= 0.3 is 5.97 Å². The van der Waals surface area contributed by atoms with Crippen LogP contribution in [0.15, 0.2) is 65.8 Å². The number of hydrogen-bond acceptors (Lipinski definition) is 2. The van der Waals surface area contributed by atoms with Crippen LogP contribution < -0.4 is 0 Å². The van der Waals surface area contributed by atoms with Crippen molar-refractivity contribution in [1.29, 1.82) is 0 Å². The topological polar surface area (TPSA) is 46.5 Å². The van der Waals surface area contributed by atoms with Crippen molar-refractivity contribution in [3.63, 3.8) is 0 Å². The highest BCUT2D eigenvalue weighted by atomic mass is 16.5. The predicted molar refractivity (Wildman–Crippen MR) is 130 cm³/mol. The van der Waals surface area contributed by atoms with Crippen molar-refractivity contribution in [2.45, 2.75) is 60.3 Å². The predicted octanol–water partition coefficient (Wildman–Crippen LogP) is 7.47. The van der Waals surface area contributed by atoms with E-state index in [0.717, 1.165) is 44.5 Å². The van der Waals surface area contributed by atoms with Gasteiger partial charge in [0.15, 0.2) is 0 Å². The molecule has 0 unspecified atom stereocenters. The van der Waals surface area contributed by atoms with E-state index in [2.05, 4.69) is 64.2 Å². The van der Waals surface area contributed by atoms with Gasteiger partial charge in [-0.1, -0.05) is 76.3 Å². The first kappa shape index (κ1) is 24.9. The summed E-state index contributed by atoms with van der Waals surface area (Å²) in [4.78, 5) is 11.1. The Morgan fingerprint density at radius 3 is 2.19 bits per heavy atom. The first-order valence-corrected chi connectivity index (χ1v) is 11.3. The van der Waals surface area contributed by atoms with E-state index in [4.69, 9.17) is 9.84 Å². The third-order valence-electron chi connectivity index (χ3n) is 5.79. The molecular formula is C28H38O3. The number of aromatic carboxylic acids is 1. The highest BCUT2D eigenvalue weighted by Crippen LogP contribution is 2.35. The lowest BCUT2D eigenvalue weighted by Gasteiger charge is -2.28. The van der Waals surface area contributed by atoms with Crippen molar-refractivity contribution in [3.05, 3.63) is 76.9 Å². The summed E-state index contributed by atoms with van der Waals surface area (Å²) < 4.78 is 5.56. The van der Waals surface area contributed by atoms with Crippen molar-refractivity contribution in [3.8, 4) is 0 Å². The quantitative estimate of drug-likeness (QED) is 0.442. The summed E-state index contributed by atoms with van der Waals surface area (Å²) in [6.07, 6.45) is 17.7. The van der Waals surface area contributed by atoms with Crippen LogP contribution in [-0.2, 0) is 4.74 Å². The van der Waals surface area contributed by atoms with Crippen LogP contribution in [0.5, 0.6) is 0 Å². The van der Waals surface area contributed by atoms with Crippen LogP contribution in [0, 0.1) is 10.8 Å². The van der Waals surface area contributed by atoms with Gasteiger partial charge in [0.05, 0.1) is 5.56 Å². The number of rotatable bonds is 8. The lowest BCUT2D eigenvalue weighted by atomic mass is 9.77. The number of ether oxygens (including phenoxy) is 1. The van der Waals surface area contributed by atoms with Gasteiger partial charge in [-0.2, -0.15) is 0 Å². The standard InChI is InChI=1S/C28H38O3/c1-6-31-21-7-8-23-15-17-27(2,3)19-20-28(4,5)18-16-24(23)12-9-22-10-13-25(14-11-22)26(29)30/h9-18H,6-8,19-21H2,1-5H3,(H,29,30)/b12-9+,17-15+,18-16+,24-23-. The van der Waals surface area contributed by atoms with Crippen LogP contribution in [-0.4, -0.2) is 24.3 Å². The van der Waals surface area contributed by atoms with E-state index in [-0.39, 0.29) is 10.8 Å². The molecule has 3 nitrogen and oxygen atoms in total. The fraction of sp³-hybridized carbons (Fsp3) is 0.464. The molecule has 168 valence electrons. The normalized spacial score (nSPS) is 22.9. The molecule has 1 aliphatic rings. The zero-order valence-electron chi connectivity index (χ0n) is 19.8. The van der Waals surface area contributed by atoms with Gasteiger partial charge in [-0.05, 0) is 72.3 Å². The Bertz CT molecular complexity index is 849. The average molecular weight is 423 g/mol. The monoisotopic (exact) mass is 422 g/mol. The van der Waals surface area contributed by atoms with Crippen LogP contribution >= 0.6 is 0 Å². The molecule has 0 aliphatic heterocycles. The largest absolute Gasteiger partial charge is 0.478 e. The highest BCUT2D eigenvalue weighted by Gasteiger charge is 2.22. The first-order valence-electron chi connectivity index (χ1n) is 11.3. The van der Waals surface area contributed by atoms with Gasteiger partial charge in [-0.25, -0.2) is 4.79 Å². The summed E-state index contributed by atoms with van der Waals surface area (Å²) in [7, 11) is 0. The third kappa shape index (κ3) is 8.70. The Kier molecular flexibility index (Phi) is 9.06. The summed E-state index contributed by atoms with van der Waals surface area (Å²) in [5, 5.41) is 9.11. The minimum atomic E-state index is -0.903. The van der Waals surface area contributed by atoms with Gasteiger partial charge in [0.1, 0.15) is 0 Å². The molecular weight excluding hydrogens is 384 g/mol. The maximum Gasteiger partial charge on any atom is 0.335 e. The molecule has 1 N–H and O–H groups in total. The number of hydrogen-bond donors (Lipinski definition) is 1.